The Bertz CT molecular complexity index is 337. The second-order valence-corrected chi connectivity index (χ2v) is 3.90. The first-order valence-electron chi connectivity index (χ1n) is 4.28. The molecule has 1 atom stereocenters. The lowest BCUT2D eigenvalue weighted by Gasteiger charge is -2.04. The first kappa shape index (κ1) is 8.75. The van der Waals surface area contributed by atoms with E-state index in [4.69, 9.17) is 0 Å². The van der Waals surface area contributed by atoms with Crippen LogP contribution in [0, 0.1) is 0 Å². The highest BCUT2D eigenvalue weighted by Gasteiger charge is 2.28. The standard InChI is InChI=1S/C10H10BrNO/c11-6-5-8-7-3-1-2-4-9(7)12-10(8)13/h1-4,8H,5-6H2,(H,12,13). The van der Waals surface area contributed by atoms with Crippen molar-refractivity contribution in [3.05, 3.63) is 29.8 Å². The summed E-state index contributed by atoms with van der Waals surface area (Å²) in [4.78, 5) is 11.5. The minimum atomic E-state index is 0.0376. The number of carbonyl (C=O) groups is 1. The molecule has 0 radical (unpaired) electrons. The summed E-state index contributed by atoms with van der Waals surface area (Å²) < 4.78 is 0. The van der Waals surface area contributed by atoms with E-state index >= 15 is 0 Å². The molecule has 0 bridgehead atoms. The Kier molecular flexibility index (Phi) is 2.36. The van der Waals surface area contributed by atoms with Crippen molar-refractivity contribution >= 4 is 27.5 Å². The van der Waals surface area contributed by atoms with Gasteiger partial charge in [-0.3, -0.25) is 4.79 Å². The molecule has 1 heterocycles. The number of anilines is 1. The van der Waals surface area contributed by atoms with Crippen LogP contribution in [0.4, 0.5) is 5.69 Å². The lowest BCUT2D eigenvalue weighted by Crippen LogP contribution is -2.12. The predicted molar refractivity (Wildman–Crippen MR) is 56.2 cm³/mol. The molecule has 2 nitrogen and oxygen atoms in total. The van der Waals surface area contributed by atoms with Gasteiger partial charge in [0, 0.05) is 11.0 Å². The fraction of sp³-hybridized carbons (Fsp3) is 0.300. The van der Waals surface area contributed by atoms with Crippen LogP contribution in [0.15, 0.2) is 24.3 Å². The van der Waals surface area contributed by atoms with Gasteiger partial charge in [0.05, 0.1) is 5.92 Å². The van der Waals surface area contributed by atoms with Crippen LogP contribution in [0.25, 0.3) is 0 Å². The highest BCUT2D eigenvalue weighted by atomic mass is 79.9. The van der Waals surface area contributed by atoms with Crippen molar-refractivity contribution in [2.45, 2.75) is 12.3 Å². The summed E-state index contributed by atoms with van der Waals surface area (Å²) in [5.41, 5.74) is 2.10. The summed E-state index contributed by atoms with van der Waals surface area (Å²) in [7, 11) is 0. The number of nitrogens with one attached hydrogen (secondary N) is 1. The Balaban J connectivity index is 2.35. The predicted octanol–water partition coefficient (Wildman–Crippen LogP) is 2.51. The first-order valence-corrected chi connectivity index (χ1v) is 5.41. The normalized spacial score (nSPS) is 19.8. The second-order valence-electron chi connectivity index (χ2n) is 3.11. The molecule has 1 aliphatic heterocycles. The van der Waals surface area contributed by atoms with Gasteiger partial charge in [0.25, 0.3) is 0 Å². The molecule has 0 aliphatic carbocycles. The van der Waals surface area contributed by atoms with Gasteiger partial charge in [-0.15, -0.1) is 0 Å². The van der Waals surface area contributed by atoms with E-state index in [0.717, 1.165) is 23.0 Å². The highest BCUT2D eigenvalue weighted by Crippen LogP contribution is 2.34. The molecule has 0 saturated carbocycles. The Morgan fingerprint density at radius 1 is 1.38 bits per heavy atom. The molecule has 0 spiro atoms. The van der Waals surface area contributed by atoms with Crippen molar-refractivity contribution in [3.63, 3.8) is 0 Å². The maximum absolute atomic E-state index is 11.5. The second kappa shape index (κ2) is 3.50. The summed E-state index contributed by atoms with van der Waals surface area (Å²) in [6.45, 7) is 0. The fourth-order valence-electron chi connectivity index (χ4n) is 1.67. The van der Waals surface area contributed by atoms with Crippen LogP contribution in [0.1, 0.15) is 17.9 Å². The lowest BCUT2D eigenvalue weighted by atomic mass is 9.98. The zero-order valence-corrected chi connectivity index (χ0v) is 8.67. The van der Waals surface area contributed by atoms with Crippen molar-refractivity contribution < 1.29 is 4.79 Å². The largest absolute Gasteiger partial charge is 0.325 e. The minimum Gasteiger partial charge on any atom is -0.325 e. The molecule has 0 aromatic heterocycles. The number of para-hydroxylation sites is 1. The Hall–Kier alpha value is -0.830. The molecule has 1 aromatic rings. The van der Waals surface area contributed by atoms with E-state index < -0.39 is 0 Å². The summed E-state index contributed by atoms with van der Waals surface area (Å²) in [6, 6.07) is 7.87. The number of fused-ring (bicyclic) bond motifs is 1. The Labute approximate surface area is 85.5 Å². The van der Waals surface area contributed by atoms with Crippen molar-refractivity contribution in [2.75, 3.05) is 10.6 Å². The molecular formula is C10H10BrNO. The molecule has 0 fully saturated rings. The third-order valence-corrected chi connectivity index (χ3v) is 2.77. The van der Waals surface area contributed by atoms with Crippen LogP contribution >= 0.6 is 15.9 Å². The third kappa shape index (κ3) is 1.48. The summed E-state index contributed by atoms with van der Waals surface area (Å²) in [5.74, 6) is 0.163. The minimum absolute atomic E-state index is 0.0376. The molecule has 1 aromatic carbocycles. The summed E-state index contributed by atoms with van der Waals surface area (Å²) in [5, 5.41) is 3.73. The van der Waals surface area contributed by atoms with E-state index in [1.54, 1.807) is 0 Å². The van der Waals surface area contributed by atoms with Crippen LogP contribution in [-0.2, 0) is 4.79 Å². The van der Waals surface area contributed by atoms with Gasteiger partial charge in [0.15, 0.2) is 0 Å². The van der Waals surface area contributed by atoms with E-state index in [-0.39, 0.29) is 11.8 Å². The quantitative estimate of drug-likeness (QED) is 0.790. The van der Waals surface area contributed by atoms with Crippen molar-refractivity contribution in [1.82, 2.24) is 0 Å². The van der Waals surface area contributed by atoms with Gasteiger partial charge >= 0.3 is 0 Å². The van der Waals surface area contributed by atoms with E-state index in [2.05, 4.69) is 21.2 Å². The fourth-order valence-corrected chi connectivity index (χ4v) is 2.13. The first-order chi connectivity index (χ1) is 6.33. The molecule has 1 N–H and O–H groups in total. The van der Waals surface area contributed by atoms with Gasteiger partial charge in [-0.05, 0) is 18.1 Å². The third-order valence-electron chi connectivity index (χ3n) is 2.31. The van der Waals surface area contributed by atoms with Gasteiger partial charge in [-0.25, -0.2) is 0 Å². The number of benzene rings is 1. The summed E-state index contributed by atoms with van der Waals surface area (Å²) in [6.07, 6.45) is 0.864. The SMILES string of the molecule is O=C1Nc2ccccc2C1CCBr. The number of rotatable bonds is 2. The van der Waals surface area contributed by atoms with Crippen LogP contribution in [-0.4, -0.2) is 11.2 Å². The maximum atomic E-state index is 11.5. The average Bonchev–Trinajstić information content (AvgIpc) is 2.44. The molecule has 1 amide bonds. The molecule has 2 rings (SSSR count). The monoisotopic (exact) mass is 239 g/mol. The van der Waals surface area contributed by atoms with Crippen LogP contribution in [0.5, 0.6) is 0 Å². The number of hydrogen-bond donors (Lipinski definition) is 1. The van der Waals surface area contributed by atoms with Crippen molar-refractivity contribution in [3.8, 4) is 0 Å². The highest BCUT2D eigenvalue weighted by molar-refractivity contribution is 9.09. The van der Waals surface area contributed by atoms with Gasteiger partial charge in [-0.2, -0.15) is 0 Å². The van der Waals surface area contributed by atoms with E-state index in [1.807, 2.05) is 24.3 Å². The van der Waals surface area contributed by atoms with Crippen molar-refractivity contribution in [1.29, 1.82) is 0 Å². The molecule has 3 heteroatoms. The molecule has 1 unspecified atom stereocenters. The van der Waals surface area contributed by atoms with Crippen LogP contribution in [0.3, 0.4) is 0 Å². The zero-order chi connectivity index (χ0) is 9.26. The number of carbonyl (C=O) groups excluding carboxylic acids is 1. The van der Waals surface area contributed by atoms with E-state index in [1.165, 1.54) is 0 Å². The van der Waals surface area contributed by atoms with E-state index in [0.29, 0.717) is 0 Å². The molecule has 0 saturated heterocycles. The molecule has 1 aliphatic rings. The van der Waals surface area contributed by atoms with Crippen molar-refractivity contribution in [2.24, 2.45) is 0 Å². The molecule has 13 heavy (non-hydrogen) atoms. The van der Waals surface area contributed by atoms with Gasteiger partial charge < -0.3 is 5.32 Å². The van der Waals surface area contributed by atoms with Crippen LogP contribution in [0.2, 0.25) is 0 Å². The summed E-state index contributed by atoms with van der Waals surface area (Å²) >= 11 is 3.36. The smallest absolute Gasteiger partial charge is 0.232 e. The number of alkyl halides is 1. The van der Waals surface area contributed by atoms with Gasteiger partial charge in [0.1, 0.15) is 0 Å². The zero-order valence-electron chi connectivity index (χ0n) is 7.09. The average molecular weight is 240 g/mol. The van der Waals surface area contributed by atoms with E-state index in [9.17, 15) is 4.79 Å². The number of halogens is 1. The van der Waals surface area contributed by atoms with Gasteiger partial charge in [0.2, 0.25) is 5.91 Å². The number of amides is 1. The molecule has 68 valence electrons. The lowest BCUT2D eigenvalue weighted by molar-refractivity contribution is -0.117. The van der Waals surface area contributed by atoms with Gasteiger partial charge in [-0.1, -0.05) is 34.1 Å². The Morgan fingerprint density at radius 3 is 2.92 bits per heavy atom. The number of hydrogen-bond acceptors (Lipinski definition) is 1. The maximum Gasteiger partial charge on any atom is 0.232 e. The Morgan fingerprint density at radius 2 is 2.15 bits per heavy atom. The van der Waals surface area contributed by atoms with Crippen LogP contribution < -0.4 is 5.32 Å². The molecular weight excluding hydrogens is 230 g/mol. The topological polar surface area (TPSA) is 29.1 Å².